The quantitative estimate of drug-likeness (QED) is 0.291. The molecule has 0 aliphatic carbocycles. The zero-order valence-electron chi connectivity index (χ0n) is 17.8. The number of hydrogen-bond donors (Lipinski definition) is 0. The van der Waals surface area contributed by atoms with Crippen molar-refractivity contribution in [1.82, 2.24) is 4.57 Å². The number of benzene rings is 1. The first-order valence-corrected chi connectivity index (χ1v) is 10.9. The van der Waals surface area contributed by atoms with Crippen molar-refractivity contribution in [3.05, 3.63) is 44.7 Å². The number of nitrogens with zero attached hydrogens (tertiary/aromatic N) is 4. The second-order valence-electron chi connectivity index (χ2n) is 7.87. The van der Waals surface area contributed by atoms with Crippen molar-refractivity contribution in [2.45, 2.75) is 58.7 Å². The molecule has 5 nitrogen and oxygen atoms in total. The van der Waals surface area contributed by atoms with E-state index in [2.05, 4.69) is 37.7 Å². The lowest BCUT2D eigenvalue weighted by Gasteiger charge is -2.14. The first-order chi connectivity index (χ1) is 14.4. The van der Waals surface area contributed by atoms with E-state index in [1.54, 1.807) is 6.19 Å². The largest absolute Gasteiger partial charge is 0.483 e. The lowest BCUT2D eigenvalue weighted by Crippen LogP contribution is -2.21. The topological polar surface area (TPSA) is 62.7 Å². The number of hydrogen-bond acceptors (Lipinski definition) is 4. The van der Waals surface area contributed by atoms with Crippen molar-refractivity contribution in [1.29, 1.82) is 5.26 Å². The van der Waals surface area contributed by atoms with Crippen LogP contribution >= 0.6 is 22.9 Å². The van der Waals surface area contributed by atoms with Crippen molar-refractivity contribution in [3.63, 3.8) is 0 Å². The van der Waals surface area contributed by atoms with E-state index in [-0.39, 0.29) is 27.6 Å². The molecule has 0 aliphatic rings. The molecule has 1 heterocycles. The fourth-order valence-corrected chi connectivity index (χ4v) is 3.80. The van der Waals surface area contributed by atoms with Gasteiger partial charge in [0.2, 0.25) is 6.19 Å². The number of nitriles is 1. The molecule has 0 spiro atoms. The van der Waals surface area contributed by atoms with Crippen LogP contribution in [-0.2, 0) is 12.0 Å². The molecule has 0 saturated carbocycles. The summed E-state index contributed by atoms with van der Waals surface area (Å²) in [6, 6.07) is 4.11. The summed E-state index contributed by atoms with van der Waals surface area (Å²) in [5.41, 5.74) is 0.00161. The van der Waals surface area contributed by atoms with E-state index >= 15 is 0 Å². The van der Waals surface area contributed by atoms with Crippen molar-refractivity contribution in [3.8, 4) is 11.9 Å². The van der Waals surface area contributed by atoms with Crippen LogP contribution in [0.1, 0.15) is 51.0 Å². The summed E-state index contributed by atoms with van der Waals surface area (Å²) in [7, 11) is 0. The van der Waals surface area contributed by atoms with Gasteiger partial charge in [0, 0.05) is 22.6 Å². The second kappa shape index (κ2) is 10.3. The van der Waals surface area contributed by atoms with Gasteiger partial charge in [-0.2, -0.15) is 28.4 Å². The van der Waals surface area contributed by atoms with Gasteiger partial charge in [0.15, 0.2) is 17.2 Å². The maximum atomic E-state index is 12.7. The molecule has 10 heteroatoms. The molecular formula is C21H24ClF3N4OS. The van der Waals surface area contributed by atoms with Crippen LogP contribution in [0.25, 0.3) is 0 Å². The van der Waals surface area contributed by atoms with Crippen LogP contribution in [0, 0.1) is 11.5 Å². The Bertz CT molecular complexity index is 1040. The summed E-state index contributed by atoms with van der Waals surface area (Å²) in [6.45, 7) is 7.55. The molecule has 0 aliphatic heterocycles. The number of alkyl halides is 3. The third-order valence-electron chi connectivity index (χ3n) is 4.14. The summed E-state index contributed by atoms with van der Waals surface area (Å²) in [5.74, 6) is -0.165. The molecule has 0 radical (unpaired) electrons. The van der Waals surface area contributed by atoms with Gasteiger partial charge < -0.3 is 9.30 Å². The molecule has 2 aromatic rings. The smallest absolute Gasteiger partial charge is 0.422 e. The van der Waals surface area contributed by atoms with Crippen LogP contribution in [0.3, 0.4) is 0 Å². The summed E-state index contributed by atoms with van der Waals surface area (Å²) in [4.78, 5) is 9.97. The number of aromatic nitrogens is 1. The van der Waals surface area contributed by atoms with Gasteiger partial charge in [0.05, 0.1) is 5.56 Å². The van der Waals surface area contributed by atoms with Gasteiger partial charge in [0.25, 0.3) is 0 Å². The van der Waals surface area contributed by atoms with Crippen LogP contribution in [0.5, 0.6) is 5.75 Å². The summed E-state index contributed by atoms with van der Waals surface area (Å²) in [6.07, 6.45) is 1.08. The SMILES string of the molecule is CCCCn1cc(C(C)(C)C)s/c1=N\C(=N\C#N)c1cc(Cl)ccc1OCC(F)(F)F. The number of aryl methyl sites for hydroxylation is 1. The Morgan fingerprint density at radius 3 is 2.58 bits per heavy atom. The number of aliphatic imine (C=N–C) groups is 1. The molecule has 0 fully saturated rings. The summed E-state index contributed by atoms with van der Waals surface area (Å²) >= 11 is 7.50. The Morgan fingerprint density at radius 2 is 2.00 bits per heavy atom. The van der Waals surface area contributed by atoms with Crippen LogP contribution < -0.4 is 9.54 Å². The molecule has 31 heavy (non-hydrogen) atoms. The summed E-state index contributed by atoms with van der Waals surface area (Å²) < 4.78 is 44.9. The van der Waals surface area contributed by atoms with E-state index in [1.165, 1.54) is 29.5 Å². The fraction of sp³-hybridized carbons (Fsp3) is 0.476. The molecule has 1 aromatic heterocycles. The van der Waals surface area contributed by atoms with Crippen molar-refractivity contribution in [2.75, 3.05) is 6.61 Å². The molecule has 2 rings (SSSR count). The second-order valence-corrected chi connectivity index (χ2v) is 9.31. The van der Waals surface area contributed by atoms with E-state index in [1.807, 2.05) is 10.8 Å². The number of amidine groups is 1. The maximum Gasteiger partial charge on any atom is 0.422 e. The highest BCUT2D eigenvalue weighted by Crippen LogP contribution is 2.27. The summed E-state index contributed by atoms with van der Waals surface area (Å²) in [5, 5.41) is 9.45. The molecule has 0 amide bonds. The van der Waals surface area contributed by atoms with Crippen LogP contribution in [0.15, 0.2) is 34.4 Å². The zero-order chi connectivity index (χ0) is 23.2. The Labute approximate surface area is 188 Å². The van der Waals surface area contributed by atoms with E-state index in [9.17, 15) is 18.4 Å². The average molecular weight is 473 g/mol. The standard InChI is InChI=1S/C21H24ClF3N4OS/c1-5-6-9-29-11-17(20(2,3)4)31-19(29)28-18(27-13-26)15-10-14(22)7-8-16(15)30-12-21(23,24)25/h7-8,10-11H,5-6,9,12H2,1-4H3/b27-18+,28-19-. The maximum absolute atomic E-state index is 12.7. The highest BCUT2D eigenvalue weighted by atomic mass is 35.5. The predicted molar refractivity (Wildman–Crippen MR) is 117 cm³/mol. The Kier molecular flexibility index (Phi) is 8.32. The lowest BCUT2D eigenvalue weighted by atomic mass is 9.95. The first kappa shape index (κ1) is 25.0. The van der Waals surface area contributed by atoms with Gasteiger partial charge in [-0.3, -0.25) is 0 Å². The number of unbranched alkanes of at least 4 members (excludes halogenated alkanes) is 1. The molecule has 0 saturated heterocycles. The van der Waals surface area contributed by atoms with Crippen LogP contribution in [0.2, 0.25) is 5.02 Å². The zero-order valence-corrected chi connectivity index (χ0v) is 19.3. The minimum absolute atomic E-state index is 0.0604. The normalized spacial score (nSPS) is 13.4. The molecule has 0 atom stereocenters. The number of ether oxygens (including phenoxy) is 1. The highest BCUT2D eigenvalue weighted by Gasteiger charge is 2.29. The van der Waals surface area contributed by atoms with E-state index in [4.69, 9.17) is 16.3 Å². The van der Waals surface area contributed by atoms with Crippen LogP contribution in [-0.4, -0.2) is 23.2 Å². The first-order valence-electron chi connectivity index (χ1n) is 9.66. The highest BCUT2D eigenvalue weighted by molar-refractivity contribution is 7.09. The van der Waals surface area contributed by atoms with Crippen LogP contribution in [0.4, 0.5) is 13.2 Å². The molecule has 0 unspecified atom stereocenters. The Balaban J connectivity index is 2.62. The van der Waals surface area contributed by atoms with E-state index in [0.29, 0.717) is 11.3 Å². The Hall–Kier alpha value is -2.31. The van der Waals surface area contributed by atoms with Crippen molar-refractivity contribution in [2.24, 2.45) is 9.98 Å². The lowest BCUT2D eigenvalue weighted by molar-refractivity contribution is -0.153. The number of rotatable bonds is 6. The van der Waals surface area contributed by atoms with Crippen molar-refractivity contribution >= 4 is 28.8 Å². The third kappa shape index (κ3) is 7.40. The van der Waals surface area contributed by atoms with Gasteiger partial charge in [-0.25, -0.2) is 0 Å². The minimum Gasteiger partial charge on any atom is -0.483 e. The number of thiazole rings is 1. The Morgan fingerprint density at radius 1 is 1.29 bits per heavy atom. The van der Waals surface area contributed by atoms with Crippen molar-refractivity contribution < 1.29 is 17.9 Å². The molecule has 0 N–H and O–H groups in total. The third-order valence-corrected chi connectivity index (χ3v) is 5.82. The fourth-order valence-electron chi connectivity index (χ4n) is 2.55. The number of halogens is 4. The van der Waals surface area contributed by atoms with Gasteiger partial charge in [0.1, 0.15) is 5.75 Å². The van der Waals surface area contributed by atoms with Gasteiger partial charge in [-0.1, -0.05) is 45.7 Å². The monoisotopic (exact) mass is 472 g/mol. The van der Waals surface area contributed by atoms with Gasteiger partial charge in [-0.05, 0) is 30.0 Å². The molecule has 168 valence electrons. The molecule has 0 bridgehead atoms. The van der Waals surface area contributed by atoms with Gasteiger partial charge in [-0.15, -0.1) is 11.3 Å². The average Bonchev–Trinajstić information content (AvgIpc) is 3.07. The molecular weight excluding hydrogens is 449 g/mol. The minimum atomic E-state index is -4.51. The van der Waals surface area contributed by atoms with Gasteiger partial charge >= 0.3 is 6.18 Å². The predicted octanol–water partition coefficient (Wildman–Crippen LogP) is 6.07. The van der Waals surface area contributed by atoms with E-state index in [0.717, 1.165) is 17.7 Å². The van der Waals surface area contributed by atoms with E-state index < -0.39 is 12.8 Å². The molecule has 1 aromatic carbocycles.